The molecule has 7 nitrogen and oxygen atoms in total. The van der Waals surface area contributed by atoms with E-state index in [1.54, 1.807) is 12.1 Å². The summed E-state index contributed by atoms with van der Waals surface area (Å²) in [5, 5.41) is 2.90. The molecule has 0 saturated carbocycles. The molecular formula is C20H23BrN2O5S. The maximum absolute atomic E-state index is 12.7. The Hall–Kier alpha value is -2.10. The number of hydrogen-bond acceptors (Lipinski definition) is 5. The Kier molecular flexibility index (Phi) is 6.50. The van der Waals surface area contributed by atoms with Crippen LogP contribution < -0.4 is 14.8 Å². The Bertz CT molecular complexity index is 1020. The van der Waals surface area contributed by atoms with Crippen LogP contribution in [-0.4, -0.2) is 45.9 Å². The lowest BCUT2D eigenvalue weighted by Crippen LogP contribution is -2.27. The Balaban J connectivity index is 1.81. The molecule has 1 heterocycles. The molecule has 1 N–H and O–H groups in total. The number of benzene rings is 2. The zero-order chi connectivity index (χ0) is 21.2. The first kappa shape index (κ1) is 21.6. The quantitative estimate of drug-likeness (QED) is 0.705. The number of fused-ring (bicyclic) bond motifs is 1. The van der Waals surface area contributed by atoms with Crippen molar-refractivity contribution in [1.82, 2.24) is 9.62 Å². The fourth-order valence-corrected chi connectivity index (χ4v) is 4.70. The van der Waals surface area contributed by atoms with Gasteiger partial charge in [-0.3, -0.25) is 4.79 Å². The molecule has 0 fully saturated rings. The zero-order valence-corrected chi connectivity index (χ0v) is 18.8. The number of carbonyl (C=O) groups excluding carboxylic acids is 1. The summed E-state index contributed by atoms with van der Waals surface area (Å²) in [7, 11) is -0.792. The predicted molar refractivity (Wildman–Crippen MR) is 113 cm³/mol. The first-order chi connectivity index (χ1) is 13.7. The summed E-state index contributed by atoms with van der Waals surface area (Å²) in [5.74, 6) is 0.979. The Morgan fingerprint density at radius 1 is 1.10 bits per heavy atom. The molecule has 156 valence electrons. The van der Waals surface area contributed by atoms with E-state index < -0.39 is 10.0 Å². The van der Waals surface area contributed by atoms with Gasteiger partial charge in [0.2, 0.25) is 10.0 Å². The standard InChI is InChI=1S/C20H23BrN2O5S/c1-13(14-6-8-17-18(11-14)28-10-4-9-27-17)22-20(24)15-5-7-16(21)19(12-15)29(25,26)23(2)3/h5-8,11-13H,4,9-10H2,1-3H3,(H,22,24). The normalized spacial score (nSPS) is 14.9. The van der Waals surface area contributed by atoms with Gasteiger partial charge in [0, 0.05) is 30.6 Å². The molecule has 1 unspecified atom stereocenters. The number of nitrogens with one attached hydrogen (secondary N) is 1. The number of nitrogens with zero attached hydrogens (tertiary/aromatic N) is 1. The fourth-order valence-electron chi connectivity index (χ4n) is 2.85. The molecule has 0 radical (unpaired) electrons. The second-order valence-electron chi connectivity index (χ2n) is 6.88. The first-order valence-electron chi connectivity index (χ1n) is 9.12. The van der Waals surface area contributed by atoms with Crippen LogP contribution in [0.4, 0.5) is 0 Å². The molecule has 1 aliphatic rings. The lowest BCUT2D eigenvalue weighted by Gasteiger charge is -2.17. The van der Waals surface area contributed by atoms with E-state index in [-0.39, 0.29) is 22.4 Å². The van der Waals surface area contributed by atoms with Gasteiger partial charge in [-0.25, -0.2) is 12.7 Å². The maximum Gasteiger partial charge on any atom is 0.251 e. The second-order valence-corrected chi connectivity index (χ2v) is 9.86. The van der Waals surface area contributed by atoms with Crippen LogP contribution in [0.1, 0.15) is 35.3 Å². The molecule has 2 aromatic carbocycles. The van der Waals surface area contributed by atoms with Crippen LogP contribution in [0.5, 0.6) is 11.5 Å². The lowest BCUT2D eigenvalue weighted by atomic mass is 10.1. The molecule has 0 spiro atoms. The van der Waals surface area contributed by atoms with Crippen molar-refractivity contribution in [1.29, 1.82) is 0 Å². The number of sulfonamides is 1. The van der Waals surface area contributed by atoms with Crippen LogP contribution in [0.25, 0.3) is 0 Å². The highest BCUT2D eigenvalue weighted by atomic mass is 79.9. The molecular weight excluding hydrogens is 460 g/mol. The highest BCUT2D eigenvalue weighted by Gasteiger charge is 2.23. The average molecular weight is 483 g/mol. The van der Waals surface area contributed by atoms with Crippen molar-refractivity contribution in [2.45, 2.75) is 24.3 Å². The third-order valence-electron chi connectivity index (χ3n) is 4.57. The maximum atomic E-state index is 12.7. The van der Waals surface area contributed by atoms with Crippen molar-refractivity contribution in [2.75, 3.05) is 27.3 Å². The number of halogens is 1. The van der Waals surface area contributed by atoms with E-state index in [1.165, 1.54) is 20.2 Å². The van der Waals surface area contributed by atoms with E-state index in [0.29, 0.717) is 29.2 Å². The van der Waals surface area contributed by atoms with Crippen molar-refractivity contribution in [2.24, 2.45) is 0 Å². The predicted octanol–water partition coefficient (Wildman–Crippen LogP) is 3.35. The van der Waals surface area contributed by atoms with Crippen molar-refractivity contribution < 1.29 is 22.7 Å². The van der Waals surface area contributed by atoms with Gasteiger partial charge in [0.15, 0.2) is 11.5 Å². The van der Waals surface area contributed by atoms with Gasteiger partial charge in [0.05, 0.1) is 24.2 Å². The van der Waals surface area contributed by atoms with Gasteiger partial charge in [-0.2, -0.15) is 0 Å². The Morgan fingerprint density at radius 2 is 1.79 bits per heavy atom. The number of amides is 1. The average Bonchev–Trinajstić information content (AvgIpc) is 2.92. The summed E-state index contributed by atoms with van der Waals surface area (Å²) in [5.41, 5.74) is 1.12. The minimum atomic E-state index is -3.68. The van der Waals surface area contributed by atoms with E-state index in [0.717, 1.165) is 16.3 Å². The minimum Gasteiger partial charge on any atom is -0.490 e. The molecule has 1 aliphatic heterocycles. The number of ether oxygens (including phenoxy) is 2. The van der Waals surface area contributed by atoms with Gasteiger partial charge in [0.1, 0.15) is 0 Å². The molecule has 29 heavy (non-hydrogen) atoms. The molecule has 1 atom stereocenters. The summed E-state index contributed by atoms with van der Waals surface area (Å²) >= 11 is 3.25. The number of carbonyl (C=O) groups is 1. The number of rotatable bonds is 5. The third-order valence-corrected chi connectivity index (χ3v) is 7.38. The van der Waals surface area contributed by atoms with Gasteiger partial charge in [-0.1, -0.05) is 6.07 Å². The Morgan fingerprint density at radius 3 is 2.48 bits per heavy atom. The van der Waals surface area contributed by atoms with Gasteiger partial charge < -0.3 is 14.8 Å². The van der Waals surface area contributed by atoms with Crippen molar-refractivity contribution >= 4 is 31.9 Å². The molecule has 2 aromatic rings. The molecule has 0 aliphatic carbocycles. The van der Waals surface area contributed by atoms with Gasteiger partial charge in [0.25, 0.3) is 5.91 Å². The summed E-state index contributed by atoms with van der Waals surface area (Å²) in [6.45, 7) is 3.05. The SMILES string of the molecule is CC(NC(=O)c1ccc(Br)c(S(=O)(=O)N(C)C)c1)c1ccc2c(c1)OCCCO2. The molecule has 0 aromatic heterocycles. The third kappa shape index (κ3) is 4.73. The summed E-state index contributed by atoms with van der Waals surface area (Å²) in [4.78, 5) is 12.8. The smallest absolute Gasteiger partial charge is 0.251 e. The van der Waals surface area contributed by atoms with Crippen LogP contribution in [-0.2, 0) is 10.0 Å². The monoisotopic (exact) mass is 482 g/mol. The lowest BCUT2D eigenvalue weighted by molar-refractivity contribution is 0.0939. The zero-order valence-electron chi connectivity index (χ0n) is 16.4. The van der Waals surface area contributed by atoms with Crippen LogP contribution >= 0.6 is 15.9 Å². The van der Waals surface area contributed by atoms with E-state index in [1.807, 2.05) is 25.1 Å². The minimum absolute atomic E-state index is 0.0402. The van der Waals surface area contributed by atoms with Gasteiger partial charge in [-0.05, 0) is 58.7 Å². The van der Waals surface area contributed by atoms with Crippen LogP contribution in [0.15, 0.2) is 45.8 Å². The summed E-state index contributed by atoms with van der Waals surface area (Å²) < 4.78 is 37.8. The second kappa shape index (κ2) is 8.73. The molecule has 1 amide bonds. The highest BCUT2D eigenvalue weighted by molar-refractivity contribution is 9.10. The molecule has 0 bridgehead atoms. The van der Waals surface area contributed by atoms with E-state index in [9.17, 15) is 13.2 Å². The van der Waals surface area contributed by atoms with Gasteiger partial charge in [-0.15, -0.1) is 0 Å². The summed E-state index contributed by atoms with van der Waals surface area (Å²) in [6.07, 6.45) is 0.818. The fraction of sp³-hybridized carbons (Fsp3) is 0.350. The van der Waals surface area contributed by atoms with Crippen LogP contribution in [0, 0.1) is 0 Å². The van der Waals surface area contributed by atoms with E-state index in [2.05, 4.69) is 21.2 Å². The number of hydrogen-bond donors (Lipinski definition) is 1. The van der Waals surface area contributed by atoms with Crippen molar-refractivity contribution in [3.63, 3.8) is 0 Å². The first-order valence-corrected chi connectivity index (χ1v) is 11.4. The summed E-state index contributed by atoms with van der Waals surface area (Å²) in [6, 6.07) is 9.77. The molecule has 3 rings (SSSR count). The van der Waals surface area contributed by atoms with Crippen molar-refractivity contribution in [3.8, 4) is 11.5 Å². The molecule has 9 heteroatoms. The Labute approximate surface area is 179 Å². The van der Waals surface area contributed by atoms with Gasteiger partial charge >= 0.3 is 0 Å². The molecule has 0 saturated heterocycles. The van der Waals surface area contributed by atoms with Crippen LogP contribution in [0.3, 0.4) is 0 Å². The van der Waals surface area contributed by atoms with E-state index in [4.69, 9.17) is 9.47 Å². The van der Waals surface area contributed by atoms with Crippen molar-refractivity contribution in [3.05, 3.63) is 52.0 Å². The largest absolute Gasteiger partial charge is 0.490 e. The topological polar surface area (TPSA) is 84.9 Å². The van der Waals surface area contributed by atoms with E-state index >= 15 is 0 Å². The highest BCUT2D eigenvalue weighted by Crippen LogP contribution is 2.32. The van der Waals surface area contributed by atoms with Crippen LogP contribution in [0.2, 0.25) is 0 Å².